The van der Waals surface area contributed by atoms with E-state index >= 15 is 0 Å². The Morgan fingerprint density at radius 2 is 2.19 bits per heavy atom. The van der Waals surface area contributed by atoms with Gasteiger partial charge in [0.15, 0.2) is 5.96 Å². The summed E-state index contributed by atoms with van der Waals surface area (Å²) in [6, 6.07) is 10.8. The van der Waals surface area contributed by atoms with Gasteiger partial charge in [-0.25, -0.2) is 9.37 Å². The van der Waals surface area contributed by atoms with Crippen molar-refractivity contribution in [3.05, 3.63) is 65.1 Å². The van der Waals surface area contributed by atoms with Gasteiger partial charge >= 0.3 is 0 Å². The van der Waals surface area contributed by atoms with Gasteiger partial charge in [-0.2, -0.15) is 0 Å². The van der Waals surface area contributed by atoms with Gasteiger partial charge in [-0.15, -0.1) is 11.3 Å². The molecule has 1 aliphatic rings. The first-order valence-electron chi connectivity index (χ1n) is 8.87. The SMILES string of the molecule is CN=C(NCc1coc(-c2cccs2)n1)NCC1(c2cccc(F)c2)CC1. The van der Waals surface area contributed by atoms with E-state index in [1.54, 1.807) is 36.8 Å². The molecule has 0 spiro atoms. The van der Waals surface area contributed by atoms with Crippen molar-refractivity contribution in [2.45, 2.75) is 24.8 Å². The zero-order valence-electron chi connectivity index (χ0n) is 15.0. The van der Waals surface area contributed by atoms with Crippen LogP contribution in [0.15, 0.2) is 57.5 Å². The summed E-state index contributed by atoms with van der Waals surface area (Å²) in [5.74, 6) is 1.14. The summed E-state index contributed by atoms with van der Waals surface area (Å²) in [6.45, 7) is 1.23. The van der Waals surface area contributed by atoms with Crippen LogP contribution in [0.1, 0.15) is 24.1 Å². The van der Waals surface area contributed by atoms with Crippen LogP contribution in [0.2, 0.25) is 0 Å². The molecule has 140 valence electrons. The molecule has 0 aliphatic heterocycles. The third-order valence-corrected chi connectivity index (χ3v) is 5.69. The van der Waals surface area contributed by atoms with E-state index in [1.165, 1.54) is 6.07 Å². The van der Waals surface area contributed by atoms with Crippen molar-refractivity contribution in [2.75, 3.05) is 13.6 Å². The van der Waals surface area contributed by atoms with E-state index in [-0.39, 0.29) is 11.2 Å². The quantitative estimate of drug-likeness (QED) is 0.499. The Morgan fingerprint density at radius 1 is 1.30 bits per heavy atom. The second-order valence-electron chi connectivity index (χ2n) is 6.69. The molecule has 2 heterocycles. The predicted molar refractivity (Wildman–Crippen MR) is 105 cm³/mol. The lowest BCUT2D eigenvalue weighted by atomic mass is 9.96. The number of hydrogen-bond donors (Lipinski definition) is 2. The molecule has 3 aromatic rings. The van der Waals surface area contributed by atoms with Crippen molar-refractivity contribution in [1.29, 1.82) is 0 Å². The molecule has 0 atom stereocenters. The van der Waals surface area contributed by atoms with Gasteiger partial charge in [-0.05, 0) is 42.0 Å². The molecule has 7 heteroatoms. The van der Waals surface area contributed by atoms with Crippen molar-refractivity contribution in [3.8, 4) is 10.8 Å². The standard InChI is InChI=1S/C20H21FN4OS/c1-22-19(23-11-16-12-26-18(25-16)17-6-3-9-27-17)24-13-20(7-8-20)14-4-2-5-15(21)10-14/h2-6,9-10,12H,7-8,11,13H2,1H3,(H2,22,23,24). The number of guanidine groups is 1. The zero-order chi connectivity index (χ0) is 18.7. The number of rotatable bonds is 6. The summed E-state index contributed by atoms with van der Waals surface area (Å²) < 4.78 is 19.1. The predicted octanol–water partition coefficient (Wildman–Crippen LogP) is 3.94. The maximum atomic E-state index is 13.5. The number of nitrogens with zero attached hydrogens (tertiary/aromatic N) is 2. The molecule has 4 rings (SSSR count). The number of hydrogen-bond acceptors (Lipinski definition) is 4. The summed E-state index contributed by atoms with van der Waals surface area (Å²) in [5, 5.41) is 8.60. The lowest BCUT2D eigenvalue weighted by Crippen LogP contribution is -2.41. The minimum atomic E-state index is -0.186. The Hall–Kier alpha value is -2.67. The lowest BCUT2D eigenvalue weighted by Gasteiger charge is -2.19. The highest BCUT2D eigenvalue weighted by Gasteiger charge is 2.44. The normalized spacial score (nSPS) is 15.6. The summed E-state index contributed by atoms with van der Waals surface area (Å²) in [4.78, 5) is 9.77. The zero-order valence-corrected chi connectivity index (χ0v) is 15.9. The first-order chi connectivity index (χ1) is 13.2. The highest BCUT2D eigenvalue weighted by Crippen LogP contribution is 2.47. The van der Waals surface area contributed by atoms with Crippen molar-refractivity contribution >= 4 is 17.3 Å². The van der Waals surface area contributed by atoms with Gasteiger partial charge in [-0.1, -0.05) is 18.2 Å². The number of aromatic nitrogens is 1. The molecule has 0 unspecified atom stereocenters. The molecule has 0 radical (unpaired) electrons. The monoisotopic (exact) mass is 384 g/mol. The summed E-state index contributed by atoms with van der Waals surface area (Å²) in [7, 11) is 1.73. The minimum absolute atomic E-state index is 0.0000487. The average molecular weight is 384 g/mol. The minimum Gasteiger partial charge on any atom is -0.443 e. The van der Waals surface area contributed by atoms with Gasteiger partial charge < -0.3 is 15.1 Å². The van der Waals surface area contributed by atoms with Crippen molar-refractivity contribution in [1.82, 2.24) is 15.6 Å². The molecule has 27 heavy (non-hydrogen) atoms. The molecule has 5 nitrogen and oxygen atoms in total. The smallest absolute Gasteiger partial charge is 0.236 e. The average Bonchev–Trinajstić information content (AvgIpc) is 3.08. The number of benzene rings is 1. The van der Waals surface area contributed by atoms with Gasteiger partial charge in [0.05, 0.1) is 17.1 Å². The first kappa shape index (κ1) is 17.7. The molecule has 1 aliphatic carbocycles. The fourth-order valence-corrected chi connectivity index (χ4v) is 3.74. The number of thiophene rings is 1. The van der Waals surface area contributed by atoms with E-state index in [0.717, 1.165) is 35.5 Å². The maximum Gasteiger partial charge on any atom is 0.236 e. The lowest BCUT2D eigenvalue weighted by molar-refractivity contribution is 0.573. The molecule has 0 bridgehead atoms. The largest absolute Gasteiger partial charge is 0.443 e. The highest BCUT2D eigenvalue weighted by atomic mass is 32.1. The van der Waals surface area contributed by atoms with Gasteiger partial charge in [0.1, 0.15) is 12.1 Å². The third kappa shape index (κ3) is 4.03. The van der Waals surface area contributed by atoms with E-state index in [1.807, 2.05) is 23.6 Å². The molecular weight excluding hydrogens is 363 g/mol. The van der Waals surface area contributed by atoms with Crippen LogP contribution in [0.5, 0.6) is 0 Å². The molecule has 0 saturated heterocycles. The van der Waals surface area contributed by atoms with E-state index in [4.69, 9.17) is 4.42 Å². The summed E-state index contributed by atoms with van der Waals surface area (Å²) in [6.07, 6.45) is 3.76. The number of aliphatic imine (C=N–C) groups is 1. The maximum absolute atomic E-state index is 13.5. The van der Waals surface area contributed by atoms with E-state index in [9.17, 15) is 4.39 Å². The van der Waals surface area contributed by atoms with E-state index < -0.39 is 0 Å². The van der Waals surface area contributed by atoms with Crippen LogP contribution in [0.3, 0.4) is 0 Å². The molecule has 1 fully saturated rings. The summed E-state index contributed by atoms with van der Waals surface area (Å²) in [5.41, 5.74) is 1.86. The van der Waals surface area contributed by atoms with Gasteiger partial charge in [-0.3, -0.25) is 4.99 Å². The highest BCUT2D eigenvalue weighted by molar-refractivity contribution is 7.13. The number of oxazole rings is 1. The van der Waals surface area contributed by atoms with Gasteiger partial charge in [0.2, 0.25) is 5.89 Å². The van der Waals surface area contributed by atoms with Crippen LogP contribution in [0.4, 0.5) is 4.39 Å². The Kier molecular flexibility index (Phi) is 4.94. The number of nitrogens with one attached hydrogen (secondary N) is 2. The number of halogens is 1. The topological polar surface area (TPSA) is 62.5 Å². The summed E-state index contributed by atoms with van der Waals surface area (Å²) >= 11 is 1.60. The van der Waals surface area contributed by atoms with E-state index in [2.05, 4.69) is 20.6 Å². The van der Waals surface area contributed by atoms with Crippen LogP contribution >= 0.6 is 11.3 Å². The fourth-order valence-electron chi connectivity index (χ4n) is 3.09. The van der Waals surface area contributed by atoms with Crippen molar-refractivity contribution in [2.24, 2.45) is 4.99 Å². The molecule has 2 aromatic heterocycles. The second-order valence-corrected chi connectivity index (χ2v) is 7.64. The Bertz CT molecular complexity index is 931. The second kappa shape index (κ2) is 7.52. The van der Waals surface area contributed by atoms with Gasteiger partial charge in [0.25, 0.3) is 0 Å². The van der Waals surface area contributed by atoms with Crippen molar-refractivity contribution < 1.29 is 8.81 Å². The van der Waals surface area contributed by atoms with Crippen molar-refractivity contribution in [3.63, 3.8) is 0 Å². The van der Waals surface area contributed by atoms with Crippen LogP contribution in [-0.4, -0.2) is 24.5 Å². The third-order valence-electron chi connectivity index (χ3n) is 4.83. The Morgan fingerprint density at radius 3 is 2.89 bits per heavy atom. The van der Waals surface area contributed by atoms with Gasteiger partial charge in [0, 0.05) is 19.0 Å². The first-order valence-corrected chi connectivity index (χ1v) is 9.75. The Labute approximate surface area is 161 Å². The molecule has 1 saturated carbocycles. The Balaban J connectivity index is 1.33. The van der Waals surface area contributed by atoms with Crippen LogP contribution < -0.4 is 10.6 Å². The molecule has 0 amide bonds. The van der Waals surface area contributed by atoms with Crippen LogP contribution in [0.25, 0.3) is 10.8 Å². The molecular formula is C20H21FN4OS. The molecule has 1 aromatic carbocycles. The van der Waals surface area contributed by atoms with E-state index in [0.29, 0.717) is 18.4 Å². The van der Waals surface area contributed by atoms with Crippen LogP contribution in [0, 0.1) is 5.82 Å². The fraction of sp³-hybridized carbons (Fsp3) is 0.300. The van der Waals surface area contributed by atoms with Crippen LogP contribution in [-0.2, 0) is 12.0 Å². The molecule has 2 N–H and O–H groups in total.